The zero-order valence-electron chi connectivity index (χ0n) is 21.1. The van der Waals surface area contributed by atoms with Crippen LogP contribution in [-0.2, 0) is 11.4 Å². The molecule has 0 saturated heterocycles. The van der Waals surface area contributed by atoms with Crippen LogP contribution in [0.25, 0.3) is 16.8 Å². The Balaban J connectivity index is 1.55. The SMILES string of the molecule is CCOc1cc(/C=C(\C#N)C(=O)Nc2cc(C)ccc2OC)ccc1OCc1cccc2ccccc12. The molecule has 0 bridgehead atoms. The number of nitrogens with one attached hydrogen (secondary N) is 1. The maximum absolute atomic E-state index is 12.9. The molecule has 0 heterocycles. The summed E-state index contributed by atoms with van der Waals surface area (Å²) in [6.07, 6.45) is 1.52. The smallest absolute Gasteiger partial charge is 0.266 e. The number of ether oxygens (including phenoxy) is 3. The summed E-state index contributed by atoms with van der Waals surface area (Å²) >= 11 is 0. The van der Waals surface area contributed by atoms with Crippen LogP contribution in [0.1, 0.15) is 23.6 Å². The number of benzene rings is 4. The number of nitriles is 1. The molecule has 1 amide bonds. The summed E-state index contributed by atoms with van der Waals surface area (Å²) in [6.45, 7) is 4.62. The van der Waals surface area contributed by atoms with Crippen molar-refractivity contribution in [3.8, 4) is 23.3 Å². The number of hydrogen-bond acceptors (Lipinski definition) is 5. The van der Waals surface area contributed by atoms with Crippen LogP contribution in [-0.4, -0.2) is 19.6 Å². The number of fused-ring (bicyclic) bond motifs is 1. The highest BCUT2D eigenvalue weighted by molar-refractivity contribution is 6.10. The number of aryl methyl sites for hydroxylation is 1. The molecular weight excluding hydrogens is 464 g/mol. The number of anilines is 1. The summed E-state index contributed by atoms with van der Waals surface area (Å²) < 4.78 is 17.3. The molecule has 6 heteroatoms. The topological polar surface area (TPSA) is 80.6 Å². The van der Waals surface area contributed by atoms with Crippen molar-refractivity contribution in [2.75, 3.05) is 19.0 Å². The predicted octanol–water partition coefficient (Wildman–Crippen LogP) is 6.68. The fourth-order valence-electron chi connectivity index (χ4n) is 4.00. The van der Waals surface area contributed by atoms with E-state index >= 15 is 0 Å². The van der Waals surface area contributed by atoms with Crippen molar-refractivity contribution >= 4 is 28.4 Å². The highest BCUT2D eigenvalue weighted by atomic mass is 16.5. The van der Waals surface area contributed by atoms with Gasteiger partial charge in [-0.1, -0.05) is 54.6 Å². The monoisotopic (exact) mass is 492 g/mol. The Labute approximate surface area is 216 Å². The van der Waals surface area contributed by atoms with E-state index in [1.54, 1.807) is 30.3 Å². The molecule has 4 aromatic carbocycles. The van der Waals surface area contributed by atoms with E-state index in [0.29, 0.717) is 41.7 Å². The van der Waals surface area contributed by atoms with Crippen LogP contribution < -0.4 is 19.5 Å². The third kappa shape index (κ3) is 6.09. The second-order valence-electron chi connectivity index (χ2n) is 8.39. The highest BCUT2D eigenvalue weighted by Gasteiger charge is 2.14. The van der Waals surface area contributed by atoms with Crippen molar-refractivity contribution < 1.29 is 19.0 Å². The number of carbonyl (C=O) groups excluding carboxylic acids is 1. The Morgan fingerprint density at radius 1 is 0.946 bits per heavy atom. The standard InChI is InChI=1S/C31H28N2O4/c1-4-36-30-18-22(17-25(19-32)31(34)33-27-16-21(2)12-14-28(27)35-3)13-15-29(30)37-20-24-10-7-9-23-8-5-6-11-26(23)24/h5-18H,4,20H2,1-3H3,(H,33,34)/b25-17+. The van der Waals surface area contributed by atoms with Gasteiger partial charge in [-0.25, -0.2) is 0 Å². The van der Waals surface area contributed by atoms with Gasteiger partial charge in [-0.3, -0.25) is 4.79 Å². The molecule has 0 radical (unpaired) electrons. The lowest BCUT2D eigenvalue weighted by atomic mass is 10.1. The first kappa shape index (κ1) is 25.3. The summed E-state index contributed by atoms with van der Waals surface area (Å²) in [4.78, 5) is 12.9. The Hall–Kier alpha value is -4.76. The minimum Gasteiger partial charge on any atom is -0.495 e. The molecule has 0 spiro atoms. The van der Waals surface area contributed by atoms with E-state index in [1.807, 2.05) is 50.2 Å². The summed E-state index contributed by atoms with van der Waals surface area (Å²) in [7, 11) is 1.53. The molecule has 186 valence electrons. The lowest BCUT2D eigenvalue weighted by Crippen LogP contribution is -2.14. The van der Waals surface area contributed by atoms with Crippen molar-refractivity contribution in [1.82, 2.24) is 0 Å². The van der Waals surface area contributed by atoms with E-state index in [1.165, 1.54) is 13.2 Å². The van der Waals surface area contributed by atoms with Crippen molar-refractivity contribution in [2.45, 2.75) is 20.5 Å². The largest absolute Gasteiger partial charge is 0.495 e. The predicted molar refractivity (Wildman–Crippen MR) is 146 cm³/mol. The molecule has 0 atom stereocenters. The summed E-state index contributed by atoms with van der Waals surface area (Å²) in [5.74, 6) is 1.11. The Morgan fingerprint density at radius 2 is 1.73 bits per heavy atom. The van der Waals surface area contributed by atoms with Crippen molar-refractivity contribution in [2.24, 2.45) is 0 Å². The van der Waals surface area contributed by atoms with Crippen LogP contribution in [0, 0.1) is 18.3 Å². The number of rotatable bonds is 9. The fourth-order valence-corrected chi connectivity index (χ4v) is 4.00. The number of carbonyl (C=O) groups is 1. The molecular formula is C31H28N2O4. The van der Waals surface area contributed by atoms with Crippen LogP contribution in [0.5, 0.6) is 17.2 Å². The van der Waals surface area contributed by atoms with Gasteiger partial charge in [0, 0.05) is 0 Å². The van der Waals surface area contributed by atoms with Gasteiger partial charge < -0.3 is 19.5 Å². The first-order valence-electron chi connectivity index (χ1n) is 12.0. The number of hydrogen-bond donors (Lipinski definition) is 1. The molecule has 6 nitrogen and oxygen atoms in total. The molecule has 0 aromatic heterocycles. The van der Waals surface area contributed by atoms with E-state index in [2.05, 4.69) is 23.5 Å². The van der Waals surface area contributed by atoms with E-state index in [4.69, 9.17) is 14.2 Å². The Kier molecular flexibility index (Phi) is 8.07. The molecule has 0 aliphatic carbocycles. The molecule has 0 aliphatic rings. The normalized spacial score (nSPS) is 11.0. The average molecular weight is 493 g/mol. The van der Waals surface area contributed by atoms with Crippen molar-refractivity contribution in [1.29, 1.82) is 5.26 Å². The maximum atomic E-state index is 12.9. The molecule has 1 N–H and O–H groups in total. The number of nitrogens with zero attached hydrogens (tertiary/aromatic N) is 1. The van der Waals surface area contributed by atoms with E-state index in [0.717, 1.165) is 21.9 Å². The Morgan fingerprint density at radius 3 is 2.51 bits per heavy atom. The second-order valence-corrected chi connectivity index (χ2v) is 8.39. The molecule has 0 saturated carbocycles. The summed E-state index contributed by atoms with van der Waals surface area (Å²) in [5, 5.41) is 14.7. The second kappa shape index (κ2) is 11.8. The van der Waals surface area contributed by atoms with Crippen LogP contribution in [0.4, 0.5) is 5.69 Å². The number of methoxy groups -OCH3 is 1. The summed E-state index contributed by atoms with van der Waals surface area (Å²) in [6, 6.07) is 27.1. The Bertz CT molecular complexity index is 1500. The minimum absolute atomic E-state index is 0.0459. The molecule has 0 unspecified atom stereocenters. The van der Waals surface area contributed by atoms with Gasteiger partial charge in [0.25, 0.3) is 5.91 Å². The molecule has 4 rings (SSSR count). The first-order valence-corrected chi connectivity index (χ1v) is 12.0. The minimum atomic E-state index is -0.527. The van der Waals surface area contributed by atoms with Crippen molar-refractivity contribution in [3.63, 3.8) is 0 Å². The average Bonchev–Trinajstić information content (AvgIpc) is 2.91. The van der Waals surface area contributed by atoms with E-state index in [9.17, 15) is 10.1 Å². The number of amides is 1. The van der Waals surface area contributed by atoms with Gasteiger partial charge in [-0.15, -0.1) is 0 Å². The van der Waals surface area contributed by atoms with Gasteiger partial charge in [-0.05, 0) is 71.7 Å². The maximum Gasteiger partial charge on any atom is 0.266 e. The van der Waals surface area contributed by atoms with Gasteiger partial charge in [-0.2, -0.15) is 5.26 Å². The van der Waals surface area contributed by atoms with Gasteiger partial charge in [0.2, 0.25) is 0 Å². The van der Waals surface area contributed by atoms with E-state index in [-0.39, 0.29) is 5.57 Å². The van der Waals surface area contributed by atoms with Crippen LogP contribution in [0.2, 0.25) is 0 Å². The zero-order valence-corrected chi connectivity index (χ0v) is 21.1. The molecule has 37 heavy (non-hydrogen) atoms. The van der Waals surface area contributed by atoms with E-state index < -0.39 is 5.91 Å². The third-order valence-electron chi connectivity index (χ3n) is 5.81. The van der Waals surface area contributed by atoms with Gasteiger partial charge >= 0.3 is 0 Å². The van der Waals surface area contributed by atoms with Crippen LogP contribution in [0.15, 0.2) is 84.4 Å². The van der Waals surface area contributed by atoms with Gasteiger partial charge in [0.15, 0.2) is 11.5 Å². The quantitative estimate of drug-likeness (QED) is 0.208. The first-order chi connectivity index (χ1) is 18.0. The fraction of sp³-hybridized carbons (Fsp3) is 0.161. The molecule has 4 aromatic rings. The third-order valence-corrected chi connectivity index (χ3v) is 5.81. The lowest BCUT2D eigenvalue weighted by molar-refractivity contribution is -0.112. The van der Waals surface area contributed by atoms with Gasteiger partial charge in [0.05, 0.1) is 19.4 Å². The van der Waals surface area contributed by atoms with Gasteiger partial charge in [0.1, 0.15) is 24.0 Å². The highest BCUT2D eigenvalue weighted by Crippen LogP contribution is 2.31. The van der Waals surface area contributed by atoms with Crippen LogP contribution >= 0.6 is 0 Å². The lowest BCUT2D eigenvalue weighted by Gasteiger charge is -2.14. The van der Waals surface area contributed by atoms with Crippen molar-refractivity contribution in [3.05, 3.63) is 101 Å². The zero-order chi connectivity index (χ0) is 26.2. The molecule has 0 fully saturated rings. The van der Waals surface area contributed by atoms with Crippen LogP contribution in [0.3, 0.4) is 0 Å². The summed E-state index contributed by atoms with van der Waals surface area (Å²) in [5.41, 5.74) is 3.12. The molecule has 0 aliphatic heterocycles.